The van der Waals surface area contributed by atoms with Gasteiger partial charge in [0, 0.05) is 44.7 Å². The molecule has 37 heavy (non-hydrogen) atoms. The molecule has 0 unspecified atom stereocenters. The number of piperazine rings is 1. The molecular formula is C26H27Cl2N7OS. The van der Waals surface area contributed by atoms with Crippen molar-refractivity contribution in [2.45, 2.75) is 30.3 Å². The van der Waals surface area contributed by atoms with Gasteiger partial charge in [0.25, 0.3) is 0 Å². The largest absolute Gasteiger partial charge is 0.324 e. The number of carbonyl (C=O) groups excluding carboxylic acids is 1. The van der Waals surface area contributed by atoms with Gasteiger partial charge in [-0.3, -0.25) is 9.69 Å². The quantitative estimate of drug-likeness (QED) is 0.317. The van der Waals surface area contributed by atoms with Crippen molar-refractivity contribution in [2.75, 3.05) is 43.8 Å². The molecule has 2 aliphatic rings. The summed E-state index contributed by atoms with van der Waals surface area (Å²) in [7, 11) is 0. The zero-order chi connectivity index (χ0) is 25.6. The number of nitrogens with one attached hydrogen (secondary N) is 2. The number of aromatic nitrogens is 4. The molecule has 1 aliphatic heterocycles. The molecule has 2 N–H and O–H groups in total. The highest BCUT2D eigenvalue weighted by molar-refractivity contribution is 7.99. The second-order valence-electron chi connectivity index (χ2n) is 9.03. The van der Waals surface area contributed by atoms with Crippen LogP contribution in [0.15, 0.2) is 41.6 Å². The Morgan fingerprint density at radius 1 is 1.14 bits per heavy atom. The molecule has 1 amide bonds. The minimum absolute atomic E-state index is 0.113. The topological polar surface area (TPSA) is 88.0 Å². The second-order valence-corrected chi connectivity index (χ2v) is 10.8. The summed E-state index contributed by atoms with van der Waals surface area (Å²) in [5, 5.41) is 19.6. The summed E-state index contributed by atoms with van der Waals surface area (Å²) in [6.45, 7) is 5.17. The Balaban J connectivity index is 1.13. The van der Waals surface area contributed by atoms with E-state index in [0.29, 0.717) is 32.5 Å². The number of nitrogens with zero attached hydrogens (tertiary/aromatic N) is 5. The van der Waals surface area contributed by atoms with Gasteiger partial charge in [0.05, 0.1) is 27.2 Å². The number of tetrazole rings is 1. The van der Waals surface area contributed by atoms with Gasteiger partial charge in [0.15, 0.2) is 0 Å². The standard InChI is InChI=1S/C26H27Cl2N7OS/c27-21-15-18(3-1-2-12-34-13-10-29-11-14-34)4-8-23(21)30-25(36)17-37-26-31-32-33-35(26)24-9-7-20(16-22(24)28)19-5-6-19/h4,7-9,15-16,19,29H,2,5-6,10-14,17H2,(H,30,36). The van der Waals surface area contributed by atoms with Gasteiger partial charge in [0.2, 0.25) is 11.1 Å². The van der Waals surface area contributed by atoms with E-state index in [4.69, 9.17) is 23.2 Å². The Bertz CT molecular complexity index is 1330. The van der Waals surface area contributed by atoms with Gasteiger partial charge >= 0.3 is 0 Å². The highest BCUT2D eigenvalue weighted by Crippen LogP contribution is 2.41. The molecule has 0 radical (unpaired) electrons. The van der Waals surface area contributed by atoms with Gasteiger partial charge in [0.1, 0.15) is 0 Å². The fraction of sp³-hybridized carbons (Fsp3) is 0.385. The van der Waals surface area contributed by atoms with Crippen molar-refractivity contribution in [3.8, 4) is 17.5 Å². The minimum atomic E-state index is -0.216. The van der Waals surface area contributed by atoms with E-state index in [0.717, 1.165) is 44.7 Å². The van der Waals surface area contributed by atoms with E-state index in [2.05, 4.69) is 49.0 Å². The predicted molar refractivity (Wildman–Crippen MR) is 148 cm³/mol. The molecule has 3 aromatic rings. The molecule has 1 saturated carbocycles. The molecule has 5 rings (SSSR count). The summed E-state index contributed by atoms with van der Waals surface area (Å²) in [6, 6.07) is 11.4. The zero-order valence-electron chi connectivity index (χ0n) is 20.2. The van der Waals surface area contributed by atoms with Crippen molar-refractivity contribution < 1.29 is 4.79 Å². The number of amides is 1. The molecule has 1 saturated heterocycles. The Morgan fingerprint density at radius 3 is 2.73 bits per heavy atom. The van der Waals surface area contributed by atoms with E-state index in [1.54, 1.807) is 16.8 Å². The molecule has 8 nitrogen and oxygen atoms in total. The molecule has 0 atom stereocenters. The third-order valence-electron chi connectivity index (χ3n) is 6.26. The number of hydrogen-bond acceptors (Lipinski definition) is 7. The van der Waals surface area contributed by atoms with Gasteiger partial charge in [-0.05, 0) is 65.1 Å². The normalized spacial score (nSPS) is 15.7. The van der Waals surface area contributed by atoms with Crippen LogP contribution >= 0.6 is 35.0 Å². The summed E-state index contributed by atoms with van der Waals surface area (Å²) in [4.78, 5) is 15.0. The van der Waals surface area contributed by atoms with E-state index in [1.165, 1.54) is 30.2 Å². The van der Waals surface area contributed by atoms with Crippen molar-refractivity contribution in [3.63, 3.8) is 0 Å². The molecule has 1 aromatic heterocycles. The van der Waals surface area contributed by atoms with E-state index in [1.807, 2.05) is 18.2 Å². The molecule has 1 aliphatic carbocycles. The van der Waals surface area contributed by atoms with E-state index in [9.17, 15) is 4.79 Å². The third kappa shape index (κ3) is 7.03. The van der Waals surface area contributed by atoms with Crippen molar-refractivity contribution in [2.24, 2.45) is 0 Å². The van der Waals surface area contributed by atoms with Crippen molar-refractivity contribution in [3.05, 3.63) is 57.6 Å². The van der Waals surface area contributed by atoms with Crippen LogP contribution in [0.4, 0.5) is 5.69 Å². The monoisotopic (exact) mass is 555 g/mol. The SMILES string of the molecule is O=C(CSc1nnnn1-c1ccc(C2CC2)cc1Cl)Nc1ccc(C#CCCN2CCNCC2)cc1Cl. The first-order chi connectivity index (χ1) is 18.1. The van der Waals surface area contributed by atoms with Crippen molar-refractivity contribution >= 4 is 46.6 Å². The van der Waals surface area contributed by atoms with Gasteiger partial charge in [-0.1, -0.05) is 52.9 Å². The highest BCUT2D eigenvalue weighted by Gasteiger charge is 2.24. The molecule has 2 aromatic carbocycles. The lowest BCUT2D eigenvalue weighted by Crippen LogP contribution is -2.43. The lowest BCUT2D eigenvalue weighted by Gasteiger charge is -2.26. The van der Waals surface area contributed by atoms with Crippen LogP contribution in [0.2, 0.25) is 10.0 Å². The molecule has 2 fully saturated rings. The average molecular weight is 557 g/mol. The van der Waals surface area contributed by atoms with Gasteiger partial charge in [-0.2, -0.15) is 4.68 Å². The van der Waals surface area contributed by atoms with Crippen LogP contribution in [-0.4, -0.2) is 69.5 Å². The van der Waals surface area contributed by atoms with Gasteiger partial charge < -0.3 is 10.6 Å². The lowest BCUT2D eigenvalue weighted by atomic mass is 10.1. The van der Waals surface area contributed by atoms with Crippen LogP contribution in [0.25, 0.3) is 5.69 Å². The molecule has 11 heteroatoms. The average Bonchev–Trinajstić information content (AvgIpc) is 3.65. The zero-order valence-corrected chi connectivity index (χ0v) is 22.5. The molecule has 2 heterocycles. The van der Waals surface area contributed by atoms with Crippen LogP contribution in [0.1, 0.15) is 36.3 Å². The van der Waals surface area contributed by atoms with E-state index >= 15 is 0 Å². The Hall–Kier alpha value is -2.61. The third-order valence-corrected chi connectivity index (χ3v) is 7.80. The lowest BCUT2D eigenvalue weighted by molar-refractivity contribution is -0.113. The number of hydrogen-bond donors (Lipinski definition) is 2. The summed E-state index contributed by atoms with van der Waals surface area (Å²) < 4.78 is 1.56. The van der Waals surface area contributed by atoms with Crippen LogP contribution in [0.5, 0.6) is 0 Å². The Morgan fingerprint density at radius 2 is 1.97 bits per heavy atom. The number of carbonyl (C=O) groups is 1. The van der Waals surface area contributed by atoms with Gasteiger partial charge in [-0.15, -0.1) is 5.10 Å². The van der Waals surface area contributed by atoms with Crippen LogP contribution in [0, 0.1) is 11.8 Å². The predicted octanol–water partition coefficient (Wildman–Crippen LogP) is 4.22. The summed E-state index contributed by atoms with van der Waals surface area (Å²) in [5.41, 5.74) is 3.28. The first-order valence-electron chi connectivity index (χ1n) is 12.3. The van der Waals surface area contributed by atoms with E-state index < -0.39 is 0 Å². The Labute approximate surface area is 230 Å². The fourth-order valence-electron chi connectivity index (χ4n) is 4.11. The molecular weight excluding hydrogens is 529 g/mol. The fourth-order valence-corrected chi connectivity index (χ4v) is 5.29. The van der Waals surface area contributed by atoms with E-state index in [-0.39, 0.29) is 11.7 Å². The van der Waals surface area contributed by atoms with Crippen LogP contribution in [-0.2, 0) is 4.79 Å². The maximum Gasteiger partial charge on any atom is 0.234 e. The maximum absolute atomic E-state index is 12.6. The first kappa shape index (κ1) is 26.0. The summed E-state index contributed by atoms with van der Waals surface area (Å²) in [5.74, 6) is 6.88. The van der Waals surface area contributed by atoms with Crippen LogP contribution < -0.4 is 10.6 Å². The van der Waals surface area contributed by atoms with Gasteiger partial charge in [-0.25, -0.2) is 0 Å². The molecule has 0 bridgehead atoms. The first-order valence-corrected chi connectivity index (χ1v) is 14.0. The van der Waals surface area contributed by atoms with Crippen LogP contribution in [0.3, 0.4) is 0 Å². The van der Waals surface area contributed by atoms with Crippen molar-refractivity contribution in [1.29, 1.82) is 0 Å². The summed E-state index contributed by atoms with van der Waals surface area (Å²) >= 11 is 14.1. The number of anilines is 1. The highest BCUT2D eigenvalue weighted by atomic mass is 35.5. The molecule has 192 valence electrons. The number of thioether (sulfide) groups is 1. The Kier molecular flexibility index (Phi) is 8.64. The number of rotatable bonds is 8. The van der Waals surface area contributed by atoms with Crippen molar-refractivity contribution in [1.82, 2.24) is 30.4 Å². The number of halogens is 2. The molecule has 0 spiro atoms. The second kappa shape index (κ2) is 12.3. The number of benzene rings is 2. The summed E-state index contributed by atoms with van der Waals surface area (Å²) in [6.07, 6.45) is 3.21. The smallest absolute Gasteiger partial charge is 0.234 e. The minimum Gasteiger partial charge on any atom is -0.324 e. The maximum atomic E-state index is 12.6.